The zero-order valence-electron chi connectivity index (χ0n) is 14.1. The molecule has 0 bridgehead atoms. The molecule has 0 saturated carbocycles. The molecule has 5 nitrogen and oxygen atoms in total. The number of rotatable bonds is 5. The van der Waals surface area contributed by atoms with Gasteiger partial charge < -0.3 is 9.47 Å². The molecule has 2 aromatic rings. The van der Waals surface area contributed by atoms with Crippen LogP contribution in [0.2, 0.25) is 5.02 Å². The van der Waals surface area contributed by atoms with E-state index in [-0.39, 0.29) is 15.6 Å². The van der Waals surface area contributed by atoms with Crippen molar-refractivity contribution in [2.45, 2.75) is 30.6 Å². The first-order valence-electron chi connectivity index (χ1n) is 8.01. The second-order valence-electron chi connectivity index (χ2n) is 5.93. The number of fused-ring (bicyclic) bond motifs is 1. The lowest BCUT2D eigenvalue weighted by Crippen LogP contribution is -2.15. The minimum Gasteiger partial charge on any atom is -0.493 e. The molecule has 0 radical (unpaired) electrons. The Morgan fingerprint density at radius 2 is 1.60 bits per heavy atom. The predicted octanol–water partition coefficient (Wildman–Crippen LogP) is 4.04. The van der Waals surface area contributed by atoms with Gasteiger partial charge in [0.15, 0.2) is 11.5 Å². The maximum atomic E-state index is 12.8. The average molecular weight is 382 g/mol. The maximum Gasteiger partial charge on any atom is 0.261 e. The minimum absolute atomic E-state index is 0.235. The fraction of sp³-hybridized carbons (Fsp3) is 0.333. The van der Waals surface area contributed by atoms with Crippen LogP contribution in [-0.4, -0.2) is 22.6 Å². The lowest BCUT2D eigenvalue weighted by molar-refractivity contribution is 0.355. The average Bonchev–Trinajstić information content (AvgIpc) is 2.62. The molecule has 0 heterocycles. The molecule has 1 aliphatic carbocycles. The predicted molar refractivity (Wildman–Crippen MR) is 98.4 cm³/mol. The highest BCUT2D eigenvalue weighted by atomic mass is 35.5. The van der Waals surface area contributed by atoms with Gasteiger partial charge in [-0.15, -0.1) is 0 Å². The summed E-state index contributed by atoms with van der Waals surface area (Å²) in [6, 6.07) is 8.33. The number of ether oxygens (including phenoxy) is 2. The summed E-state index contributed by atoms with van der Waals surface area (Å²) in [5, 5.41) is 0.235. The Hall–Kier alpha value is -1.92. The van der Waals surface area contributed by atoms with Crippen molar-refractivity contribution in [1.82, 2.24) is 0 Å². The smallest absolute Gasteiger partial charge is 0.261 e. The number of benzene rings is 2. The molecule has 1 aliphatic rings. The number of hydrogen-bond acceptors (Lipinski definition) is 4. The zero-order chi connectivity index (χ0) is 18.0. The topological polar surface area (TPSA) is 64.6 Å². The normalized spacial score (nSPS) is 13.9. The summed E-state index contributed by atoms with van der Waals surface area (Å²) in [5.74, 6) is 0.833. The highest BCUT2D eigenvalue weighted by Crippen LogP contribution is 2.37. The van der Waals surface area contributed by atoms with Crippen molar-refractivity contribution in [2.24, 2.45) is 0 Å². The maximum absolute atomic E-state index is 12.8. The summed E-state index contributed by atoms with van der Waals surface area (Å²) in [5.41, 5.74) is 2.58. The lowest BCUT2D eigenvalue weighted by Gasteiger charge is -2.17. The molecule has 0 unspecified atom stereocenters. The van der Waals surface area contributed by atoms with Crippen molar-refractivity contribution in [1.29, 1.82) is 0 Å². The van der Waals surface area contributed by atoms with Crippen LogP contribution in [-0.2, 0) is 22.9 Å². The van der Waals surface area contributed by atoms with E-state index >= 15 is 0 Å². The van der Waals surface area contributed by atoms with Crippen molar-refractivity contribution in [3.05, 3.63) is 46.5 Å². The summed E-state index contributed by atoms with van der Waals surface area (Å²) in [7, 11) is -0.774. The monoisotopic (exact) mass is 381 g/mol. The van der Waals surface area contributed by atoms with Gasteiger partial charge in [0.2, 0.25) is 0 Å². The molecule has 1 N–H and O–H groups in total. The Morgan fingerprint density at radius 3 is 2.28 bits per heavy atom. The van der Waals surface area contributed by atoms with Crippen molar-refractivity contribution in [2.75, 3.05) is 18.9 Å². The molecule has 7 heteroatoms. The first-order valence-corrected chi connectivity index (χ1v) is 9.87. The van der Waals surface area contributed by atoms with Crippen LogP contribution in [0.15, 0.2) is 35.2 Å². The second-order valence-corrected chi connectivity index (χ2v) is 8.02. The van der Waals surface area contributed by atoms with Crippen LogP contribution in [0.25, 0.3) is 0 Å². The minimum atomic E-state index is -3.74. The van der Waals surface area contributed by atoms with Crippen molar-refractivity contribution >= 4 is 27.3 Å². The van der Waals surface area contributed by atoms with Crippen LogP contribution in [0, 0.1) is 0 Å². The van der Waals surface area contributed by atoms with Crippen molar-refractivity contribution < 1.29 is 17.9 Å². The van der Waals surface area contributed by atoms with Gasteiger partial charge in [-0.05, 0) is 48.9 Å². The van der Waals surface area contributed by atoms with E-state index in [1.807, 2.05) is 6.07 Å². The van der Waals surface area contributed by atoms with Gasteiger partial charge in [0.05, 0.1) is 29.8 Å². The molecule has 134 valence electrons. The molecule has 3 rings (SSSR count). The van der Waals surface area contributed by atoms with E-state index in [2.05, 4.69) is 4.72 Å². The van der Waals surface area contributed by atoms with Gasteiger partial charge in [-0.1, -0.05) is 17.7 Å². The molecular weight excluding hydrogens is 362 g/mol. The van der Waals surface area contributed by atoms with E-state index in [9.17, 15) is 8.42 Å². The van der Waals surface area contributed by atoms with E-state index in [4.69, 9.17) is 21.1 Å². The molecule has 0 amide bonds. The molecule has 0 fully saturated rings. The molecule has 2 aromatic carbocycles. The highest BCUT2D eigenvalue weighted by molar-refractivity contribution is 7.92. The number of halogens is 1. The molecule has 0 aromatic heterocycles. The van der Waals surface area contributed by atoms with Gasteiger partial charge in [0, 0.05) is 12.1 Å². The summed E-state index contributed by atoms with van der Waals surface area (Å²) >= 11 is 6.18. The first kappa shape index (κ1) is 17.9. The van der Waals surface area contributed by atoms with E-state index < -0.39 is 10.0 Å². The van der Waals surface area contributed by atoms with E-state index in [0.29, 0.717) is 11.5 Å². The quantitative estimate of drug-likeness (QED) is 0.848. The largest absolute Gasteiger partial charge is 0.493 e. The molecule has 0 atom stereocenters. The van der Waals surface area contributed by atoms with Gasteiger partial charge >= 0.3 is 0 Å². The number of sulfonamides is 1. The Kier molecular flexibility index (Phi) is 5.11. The van der Waals surface area contributed by atoms with Crippen LogP contribution in [0.4, 0.5) is 5.69 Å². The Balaban J connectivity index is 1.94. The number of hydrogen-bond donors (Lipinski definition) is 1. The van der Waals surface area contributed by atoms with Crippen LogP contribution in [0.5, 0.6) is 11.5 Å². The van der Waals surface area contributed by atoms with Gasteiger partial charge in [0.1, 0.15) is 0 Å². The van der Waals surface area contributed by atoms with Gasteiger partial charge in [0.25, 0.3) is 10.0 Å². The van der Waals surface area contributed by atoms with Crippen LogP contribution in [0.3, 0.4) is 0 Å². The van der Waals surface area contributed by atoms with Crippen LogP contribution in [0.1, 0.15) is 24.0 Å². The number of anilines is 1. The highest BCUT2D eigenvalue weighted by Gasteiger charge is 2.20. The number of nitrogens with one attached hydrogen (secondary N) is 1. The lowest BCUT2D eigenvalue weighted by atomic mass is 9.92. The summed E-state index contributed by atoms with van der Waals surface area (Å²) in [6.07, 6.45) is 4.16. The van der Waals surface area contributed by atoms with Gasteiger partial charge in [-0.25, -0.2) is 8.42 Å². The number of methoxy groups -OCH3 is 2. The number of aryl methyl sites for hydroxylation is 2. The molecule has 25 heavy (non-hydrogen) atoms. The molecule has 0 saturated heterocycles. The van der Waals surface area contributed by atoms with Gasteiger partial charge in [-0.3, -0.25) is 4.72 Å². The SMILES string of the molecule is COc1cc(Cl)c(NS(=O)(=O)c2ccc3c(c2)CCCC3)cc1OC. The zero-order valence-corrected chi connectivity index (χ0v) is 15.7. The molecular formula is C18H20ClNO4S. The van der Waals surface area contributed by atoms with Gasteiger partial charge in [-0.2, -0.15) is 0 Å². The molecule has 0 aliphatic heterocycles. The Labute approximate surface area is 153 Å². The summed E-state index contributed by atoms with van der Waals surface area (Å²) < 4.78 is 38.4. The van der Waals surface area contributed by atoms with Crippen LogP contribution < -0.4 is 14.2 Å². The third-order valence-electron chi connectivity index (χ3n) is 4.35. The molecule has 0 spiro atoms. The van der Waals surface area contributed by atoms with Crippen LogP contribution >= 0.6 is 11.6 Å². The Morgan fingerprint density at radius 1 is 0.960 bits per heavy atom. The Bertz CT molecular complexity index is 896. The van der Waals surface area contributed by atoms with E-state index in [0.717, 1.165) is 31.2 Å². The fourth-order valence-corrected chi connectivity index (χ4v) is 4.39. The fourth-order valence-electron chi connectivity index (χ4n) is 3.01. The third kappa shape index (κ3) is 3.70. The second kappa shape index (κ2) is 7.14. The standard InChI is InChI=1S/C18H20ClNO4S/c1-23-17-10-15(19)16(11-18(17)24-2)20-25(21,22)14-8-7-12-5-3-4-6-13(12)9-14/h7-11,20H,3-6H2,1-2H3. The summed E-state index contributed by atoms with van der Waals surface area (Å²) in [4.78, 5) is 0.235. The van der Waals surface area contributed by atoms with Crippen molar-refractivity contribution in [3.63, 3.8) is 0 Å². The summed E-state index contributed by atoms with van der Waals surface area (Å²) in [6.45, 7) is 0. The third-order valence-corrected chi connectivity index (χ3v) is 6.02. The van der Waals surface area contributed by atoms with Crippen molar-refractivity contribution in [3.8, 4) is 11.5 Å². The van der Waals surface area contributed by atoms with E-state index in [1.165, 1.54) is 31.9 Å². The van der Waals surface area contributed by atoms with E-state index in [1.54, 1.807) is 12.1 Å². The first-order chi connectivity index (χ1) is 11.9.